The summed E-state index contributed by atoms with van der Waals surface area (Å²) in [5.74, 6) is 0.518. The SMILES string of the molecule is C[C@H]1C[C@@H](C(=O)NCC2(C)CCCCCC2)CCN1. The maximum Gasteiger partial charge on any atom is 0.223 e. The molecule has 2 aliphatic rings. The fraction of sp³-hybridized carbons (Fsp3) is 0.938. The van der Waals surface area contributed by atoms with Crippen LogP contribution < -0.4 is 10.6 Å². The normalized spacial score (nSPS) is 31.5. The standard InChI is InChI=1S/C16H30N2O/c1-13-11-14(7-10-17-13)15(19)18-12-16(2)8-5-3-4-6-9-16/h13-14,17H,3-12H2,1-2H3,(H,18,19)/t13-,14-/m0/s1. The van der Waals surface area contributed by atoms with Crippen LogP contribution in [0.2, 0.25) is 0 Å². The molecule has 1 heterocycles. The Balaban J connectivity index is 1.78. The van der Waals surface area contributed by atoms with E-state index in [2.05, 4.69) is 24.5 Å². The molecular weight excluding hydrogens is 236 g/mol. The van der Waals surface area contributed by atoms with Gasteiger partial charge in [0.2, 0.25) is 5.91 Å². The quantitative estimate of drug-likeness (QED) is 0.771. The van der Waals surface area contributed by atoms with Crippen LogP contribution in [0.15, 0.2) is 0 Å². The van der Waals surface area contributed by atoms with Crippen LogP contribution in [0.5, 0.6) is 0 Å². The highest BCUT2D eigenvalue weighted by Crippen LogP contribution is 2.33. The van der Waals surface area contributed by atoms with Crippen molar-refractivity contribution in [2.24, 2.45) is 11.3 Å². The summed E-state index contributed by atoms with van der Waals surface area (Å²) in [7, 11) is 0. The lowest BCUT2D eigenvalue weighted by Crippen LogP contribution is -2.44. The summed E-state index contributed by atoms with van der Waals surface area (Å²) in [4.78, 5) is 12.3. The van der Waals surface area contributed by atoms with Crippen LogP contribution in [0.1, 0.15) is 65.2 Å². The van der Waals surface area contributed by atoms with Gasteiger partial charge in [-0.1, -0.05) is 32.6 Å². The second-order valence-electron chi connectivity index (χ2n) is 7.02. The fourth-order valence-corrected chi connectivity index (χ4v) is 3.57. The van der Waals surface area contributed by atoms with Gasteiger partial charge in [-0.15, -0.1) is 0 Å². The topological polar surface area (TPSA) is 41.1 Å². The molecule has 1 aliphatic heterocycles. The van der Waals surface area contributed by atoms with E-state index in [9.17, 15) is 4.79 Å². The summed E-state index contributed by atoms with van der Waals surface area (Å²) >= 11 is 0. The zero-order chi connectivity index (χ0) is 13.7. The number of hydrogen-bond donors (Lipinski definition) is 2. The van der Waals surface area contributed by atoms with Gasteiger partial charge in [0.05, 0.1) is 0 Å². The van der Waals surface area contributed by atoms with Gasteiger partial charge in [-0.2, -0.15) is 0 Å². The van der Waals surface area contributed by atoms with Gasteiger partial charge < -0.3 is 10.6 Å². The van der Waals surface area contributed by atoms with E-state index in [0.717, 1.165) is 25.9 Å². The van der Waals surface area contributed by atoms with Crippen LogP contribution in [0.25, 0.3) is 0 Å². The molecule has 0 spiro atoms. The van der Waals surface area contributed by atoms with Crippen LogP contribution in [0, 0.1) is 11.3 Å². The Kier molecular flexibility index (Phi) is 5.26. The number of piperidine rings is 1. The van der Waals surface area contributed by atoms with Crippen molar-refractivity contribution in [1.29, 1.82) is 0 Å². The minimum Gasteiger partial charge on any atom is -0.355 e. The van der Waals surface area contributed by atoms with E-state index in [4.69, 9.17) is 0 Å². The van der Waals surface area contributed by atoms with Crippen LogP contribution in [-0.2, 0) is 4.79 Å². The van der Waals surface area contributed by atoms with Crippen molar-refractivity contribution >= 4 is 5.91 Å². The highest BCUT2D eigenvalue weighted by atomic mass is 16.1. The van der Waals surface area contributed by atoms with Crippen LogP contribution in [0.4, 0.5) is 0 Å². The van der Waals surface area contributed by atoms with Crippen LogP contribution in [-0.4, -0.2) is 25.0 Å². The van der Waals surface area contributed by atoms with Gasteiger partial charge in [-0.25, -0.2) is 0 Å². The highest BCUT2D eigenvalue weighted by molar-refractivity contribution is 5.78. The minimum absolute atomic E-state index is 0.227. The number of nitrogens with one attached hydrogen (secondary N) is 2. The molecule has 2 rings (SSSR count). The first kappa shape index (κ1) is 14.8. The first-order valence-corrected chi connectivity index (χ1v) is 8.10. The van der Waals surface area contributed by atoms with Gasteiger partial charge in [-0.3, -0.25) is 4.79 Å². The lowest BCUT2D eigenvalue weighted by atomic mass is 9.82. The van der Waals surface area contributed by atoms with Crippen molar-refractivity contribution in [2.45, 2.75) is 71.3 Å². The Hall–Kier alpha value is -0.570. The molecule has 2 N–H and O–H groups in total. The monoisotopic (exact) mass is 266 g/mol. The second-order valence-corrected chi connectivity index (χ2v) is 7.02. The molecule has 2 fully saturated rings. The first-order chi connectivity index (χ1) is 9.09. The van der Waals surface area contributed by atoms with Crippen molar-refractivity contribution in [3.8, 4) is 0 Å². The summed E-state index contributed by atoms with van der Waals surface area (Å²) in [6.07, 6.45) is 9.93. The predicted molar refractivity (Wildman–Crippen MR) is 79.0 cm³/mol. The van der Waals surface area contributed by atoms with Gasteiger partial charge in [0.1, 0.15) is 0 Å². The molecule has 0 aromatic rings. The molecule has 3 heteroatoms. The molecule has 1 amide bonds. The number of hydrogen-bond acceptors (Lipinski definition) is 2. The molecule has 110 valence electrons. The molecule has 0 aromatic heterocycles. The van der Waals surface area contributed by atoms with E-state index >= 15 is 0 Å². The van der Waals surface area contributed by atoms with Gasteiger partial charge in [0.15, 0.2) is 0 Å². The smallest absolute Gasteiger partial charge is 0.223 e. The molecule has 0 unspecified atom stereocenters. The van der Waals surface area contributed by atoms with Gasteiger partial charge >= 0.3 is 0 Å². The average Bonchev–Trinajstić information content (AvgIpc) is 2.61. The maximum atomic E-state index is 12.3. The third-order valence-electron chi connectivity index (χ3n) is 4.99. The number of rotatable bonds is 3. The Morgan fingerprint density at radius 1 is 1.26 bits per heavy atom. The zero-order valence-corrected chi connectivity index (χ0v) is 12.6. The van der Waals surface area contributed by atoms with Gasteiger partial charge in [0, 0.05) is 18.5 Å². The van der Waals surface area contributed by atoms with E-state index in [1.165, 1.54) is 38.5 Å². The van der Waals surface area contributed by atoms with Crippen molar-refractivity contribution < 1.29 is 4.79 Å². The third kappa shape index (κ3) is 4.48. The molecule has 1 saturated carbocycles. The maximum absolute atomic E-state index is 12.3. The number of carbonyl (C=O) groups excluding carboxylic acids is 1. The lowest BCUT2D eigenvalue weighted by Gasteiger charge is -2.31. The van der Waals surface area contributed by atoms with Gasteiger partial charge in [-0.05, 0) is 44.6 Å². The summed E-state index contributed by atoms with van der Waals surface area (Å²) in [6, 6.07) is 0.484. The lowest BCUT2D eigenvalue weighted by molar-refractivity contribution is -0.126. The fourth-order valence-electron chi connectivity index (χ4n) is 3.57. The predicted octanol–water partition coefficient (Wildman–Crippen LogP) is 2.85. The molecule has 2 atom stereocenters. The molecule has 0 aromatic carbocycles. The number of carbonyl (C=O) groups is 1. The molecule has 1 aliphatic carbocycles. The second kappa shape index (κ2) is 6.74. The van der Waals surface area contributed by atoms with Crippen molar-refractivity contribution in [1.82, 2.24) is 10.6 Å². The van der Waals surface area contributed by atoms with Crippen LogP contribution >= 0.6 is 0 Å². The van der Waals surface area contributed by atoms with Crippen molar-refractivity contribution in [3.63, 3.8) is 0 Å². The molecule has 3 nitrogen and oxygen atoms in total. The van der Waals surface area contributed by atoms with E-state index in [1.54, 1.807) is 0 Å². The summed E-state index contributed by atoms with van der Waals surface area (Å²) in [5.41, 5.74) is 0.338. The Morgan fingerprint density at radius 2 is 1.95 bits per heavy atom. The third-order valence-corrected chi connectivity index (χ3v) is 4.99. The minimum atomic E-state index is 0.227. The van der Waals surface area contributed by atoms with Crippen molar-refractivity contribution in [2.75, 3.05) is 13.1 Å². The highest BCUT2D eigenvalue weighted by Gasteiger charge is 2.29. The van der Waals surface area contributed by atoms with E-state index in [-0.39, 0.29) is 5.92 Å². The molecule has 1 saturated heterocycles. The summed E-state index contributed by atoms with van der Waals surface area (Å²) in [6.45, 7) is 6.39. The largest absolute Gasteiger partial charge is 0.355 e. The molecule has 0 radical (unpaired) electrons. The summed E-state index contributed by atoms with van der Waals surface area (Å²) in [5, 5.41) is 6.65. The number of amides is 1. The molecule has 0 bridgehead atoms. The van der Waals surface area contributed by atoms with E-state index < -0.39 is 0 Å². The zero-order valence-electron chi connectivity index (χ0n) is 12.6. The molecular formula is C16H30N2O. The Morgan fingerprint density at radius 3 is 2.58 bits per heavy atom. The van der Waals surface area contributed by atoms with Crippen molar-refractivity contribution in [3.05, 3.63) is 0 Å². The van der Waals surface area contributed by atoms with Gasteiger partial charge in [0.25, 0.3) is 0 Å². The molecule has 19 heavy (non-hydrogen) atoms. The van der Waals surface area contributed by atoms with E-state index in [0.29, 0.717) is 17.4 Å². The summed E-state index contributed by atoms with van der Waals surface area (Å²) < 4.78 is 0. The van der Waals surface area contributed by atoms with E-state index in [1.807, 2.05) is 0 Å². The Bertz CT molecular complexity index is 295. The first-order valence-electron chi connectivity index (χ1n) is 8.10. The Labute approximate surface area is 117 Å². The average molecular weight is 266 g/mol. The van der Waals surface area contributed by atoms with Crippen LogP contribution in [0.3, 0.4) is 0 Å².